The van der Waals surface area contributed by atoms with Crippen LogP contribution in [0.4, 0.5) is 0 Å². The molecule has 0 aromatic carbocycles. The van der Waals surface area contributed by atoms with Crippen LogP contribution in [0.5, 0.6) is 0 Å². The summed E-state index contributed by atoms with van der Waals surface area (Å²) in [7, 11) is 0. The van der Waals surface area contributed by atoms with Gasteiger partial charge in [-0.1, -0.05) is 0 Å². The van der Waals surface area contributed by atoms with Crippen LogP contribution < -0.4 is 0 Å². The summed E-state index contributed by atoms with van der Waals surface area (Å²) in [5, 5.41) is 0. The molecule has 0 aromatic heterocycles. The second-order valence-corrected chi connectivity index (χ2v) is 3.48. The standard InChI is InChI=1S/C7H12N2O2S/c1-3-8-6(10)5-7(11)9(4-2)12-8/h3-5H2,1-2H3. The van der Waals surface area contributed by atoms with E-state index in [4.69, 9.17) is 0 Å². The molecule has 1 saturated heterocycles. The molecular formula is C7H12N2O2S. The van der Waals surface area contributed by atoms with Crippen molar-refractivity contribution < 1.29 is 9.59 Å². The van der Waals surface area contributed by atoms with Gasteiger partial charge in [0.05, 0.1) is 12.1 Å². The smallest absolute Gasteiger partial charge is 0.243 e. The third kappa shape index (κ3) is 1.72. The van der Waals surface area contributed by atoms with E-state index >= 15 is 0 Å². The monoisotopic (exact) mass is 188 g/mol. The Morgan fingerprint density at radius 1 is 1.17 bits per heavy atom. The van der Waals surface area contributed by atoms with Gasteiger partial charge in [0.25, 0.3) is 0 Å². The number of rotatable bonds is 2. The number of hydrogen-bond donors (Lipinski definition) is 0. The Balaban J connectivity index is 2.62. The quantitative estimate of drug-likeness (QED) is 0.472. The molecule has 12 heavy (non-hydrogen) atoms. The van der Waals surface area contributed by atoms with E-state index in [0.717, 1.165) is 0 Å². The molecule has 0 N–H and O–H groups in total. The Kier molecular flexibility index (Phi) is 2.97. The van der Waals surface area contributed by atoms with E-state index in [1.807, 2.05) is 13.8 Å². The van der Waals surface area contributed by atoms with Crippen molar-refractivity contribution in [1.29, 1.82) is 0 Å². The predicted molar refractivity (Wildman–Crippen MR) is 47.0 cm³/mol. The van der Waals surface area contributed by atoms with Crippen LogP contribution in [0.25, 0.3) is 0 Å². The molecule has 0 atom stereocenters. The van der Waals surface area contributed by atoms with Gasteiger partial charge in [0.15, 0.2) is 0 Å². The molecule has 1 heterocycles. The Labute approximate surface area is 76.2 Å². The van der Waals surface area contributed by atoms with Gasteiger partial charge < -0.3 is 0 Å². The largest absolute Gasteiger partial charge is 0.273 e. The van der Waals surface area contributed by atoms with Crippen LogP contribution in [0.1, 0.15) is 20.3 Å². The first-order chi connectivity index (χ1) is 5.69. The van der Waals surface area contributed by atoms with E-state index < -0.39 is 0 Å². The lowest BCUT2D eigenvalue weighted by Crippen LogP contribution is -2.41. The van der Waals surface area contributed by atoms with Crippen LogP contribution >= 0.6 is 12.1 Å². The van der Waals surface area contributed by atoms with E-state index in [9.17, 15) is 9.59 Å². The van der Waals surface area contributed by atoms with Crippen molar-refractivity contribution in [3.05, 3.63) is 0 Å². The minimum absolute atomic E-state index is 0.0225. The van der Waals surface area contributed by atoms with Crippen molar-refractivity contribution in [2.75, 3.05) is 13.1 Å². The molecule has 0 saturated carbocycles. The molecule has 0 aromatic rings. The second kappa shape index (κ2) is 3.80. The molecule has 1 fully saturated rings. The number of nitrogens with zero attached hydrogens (tertiary/aromatic N) is 2. The number of carbonyl (C=O) groups is 2. The van der Waals surface area contributed by atoms with Crippen LogP contribution in [0, 0.1) is 0 Å². The van der Waals surface area contributed by atoms with Crippen molar-refractivity contribution in [2.45, 2.75) is 20.3 Å². The highest BCUT2D eigenvalue weighted by atomic mass is 32.2. The lowest BCUT2D eigenvalue weighted by Gasteiger charge is -2.31. The van der Waals surface area contributed by atoms with Gasteiger partial charge in [0.1, 0.15) is 6.42 Å². The molecular weight excluding hydrogens is 176 g/mol. The SMILES string of the molecule is CCN1SN(CC)C(=O)CC1=O. The van der Waals surface area contributed by atoms with Gasteiger partial charge in [0, 0.05) is 13.1 Å². The molecule has 1 rings (SSSR count). The van der Waals surface area contributed by atoms with Gasteiger partial charge in [-0.15, -0.1) is 0 Å². The van der Waals surface area contributed by atoms with Crippen LogP contribution in [0.3, 0.4) is 0 Å². The fourth-order valence-electron chi connectivity index (χ4n) is 0.984. The highest BCUT2D eigenvalue weighted by Gasteiger charge is 2.28. The Bertz CT molecular complexity index is 188. The van der Waals surface area contributed by atoms with Crippen LogP contribution in [-0.4, -0.2) is 33.5 Å². The van der Waals surface area contributed by atoms with Crippen molar-refractivity contribution in [1.82, 2.24) is 8.61 Å². The summed E-state index contributed by atoms with van der Waals surface area (Å²) >= 11 is 1.22. The lowest BCUT2D eigenvalue weighted by molar-refractivity contribution is -0.137. The predicted octanol–water partition coefficient (Wildman–Crippen LogP) is 0.650. The highest BCUT2D eigenvalue weighted by molar-refractivity contribution is 7.95. The zero-order valence-corrected chi connectivity index (χ0v) is 8.06. The average Bonchev–Trinajstić information content (AvgIpc) is 2.05. The first-order valence-corrected chi connectivity index (χ1v) is 4.70. The van der Waals surface area contributed by atoms with Gasteiger partial charge in [-0.2, -0.15) is 0 Å². The van der Waals surface area contributed by atoms with Crippen molar-refractivity contribution in [3.8, 4) is 0 Å². The highest BCUT2D eigenvalue weighted by Crippen LogP contribution is 2.23. The van der Waals surface area contributed by atoms with Crippen molar-refractivity contribution in [3.63, 3.8) is 0 Å². The first-order valence-electron chi connectivity index (χ1n) is 3.97. The Hall–Kier alpha value is -0.710. The van der Waals surface area contributed by atoms with E-state index in [0.29, 0.717) is 13.1 Å². The topological polar surface area (TPSA) is 40.6 Å². The van der Waals surface area contributed by atoms with E-state index in [2.05, 4.69) is 0 Å². The zero-order chi connectivity index (χ0) is 9.14. The fraction of sp³-hybridized carbons (Fsp3) is 0.714. The summed E-state index contributed by atoms with van der Waals surface area (Å²) in [4.78, 5) is 22.3. The summed E-state index contributed by atoms with van der Waals surface area (Å²) in [6.07, 6.45) is 0.0225. The van der Waals surface area contributed by atoms with Gasteiger partial charge in [-0.05, 0) is 13.8 Å². The van der Waals surface area contributed by atoms with Gasteiger partial charge in [-0.25, -0.2) is 0 Å². The molecule has 0 unspecified atom stereocenters. The average molecular weight is 188 g/mol. The zero-order valence-electron chi connectivity index (χ0n) is 7.24. The lowest BCUT2D eigenvalue weighted by atomic mass is 10.3. The van der Waals surface area contributed by atoms with E-state index in [1.165, 1.54) is 12.1 Å². The Morgan fingerprint density at radius 3 is 1.92 bits per heavy atom. The van der Waals surface area contributed by atoms with E-state index in [1.54, 1.807) is 8.61 Å². The maximum atomic E-state index is 11.2. The minimum Gasteiger partial charge on any atom is -0.273 e. The first kappa shape index (κ1) is 9.38. The summed E-state index contributed by atoms with van der Waals surface area (Å²) in [6.45, 7) is 5.09. The fourth-order valence-corrected chi connectivity index (χ4v) is 1.76. The van der Waals surface area contributed by atoms with Gasteiger partial charge in [0.2, 0.25) is 11.8 Å². The third-order valence-electron chi connectivity index (χ3n) is 1.63. The minimum atomic E-state index is -0.0859. The molecule has 0 radical (unpaired) electrons. The molecule has 0 spiro atoms. The van der Waals surface area contributed by atoms with Crippen LogP contribution in [-0.2, 0) is 9.59 Å². The molecule has 2 amide bonds. The summed E-state index contributed by atoms with van der Waals surface area (Å²) in [6, 6.07) is 0. The maximum absolute atomic E-state index is 11.2. The van der Waals surface area contributed by atoms with E-state index in [-0.39, 0.29) is 18.2 Å². The maximum Gasteiger partial charge on any atom is 0.243 e. The molecule has 68 valence electrons. The molecule has 5 heteroatoms. The molecule has 1 aliphatic rings. The van der Waals surface area contributed by atoms with Gasteiger partial charge in [-0.3, -0.25) is 18.2 Å². The summed E-state index contributed by atoms with van der Waals surface area (Å²) < 4.78 is 3.20. The number of hydrogen-bond acceptors (Lipinski definition) is 3. The second-order valence-electron chi connectivity index (χ2n) is 2.44. The normalized spacial score (nSPS) is 18.8. The molecule has 1 aliphatic heterocycles. The molecule has 4 nitrogen and oxygen atoms in total. The summed E-state index contributed by atoms with van der Waals surface area (Å²) in [5.74, 6) is -0.172. The number of carbonyl (C=O) groups excluding carboxylic acids is 2. The van der Waals surface area contributed by atoms with Crippen molar-refractivity contribution >= 4 is 23.9 Å². The third-order valence-corrected chi connectivity index (χ3v) is 2.95. The molecule has 0 aliphatic carbocycles. The number of amides is 2. The Morgan fingerprint density at radius 2 is 1.58 bits per heavy atom. The van der Waals surface area contributed by atoms with Crippen LogP contribution in [0.15, 0.2) is 0 Å². The summed E-state index contributed by atoms with van der Waals surface area (Å²) in [5.41, 5.74) is 0. The molecule has 0 bridgehead atoms. The van der Waals surface area contributed by atoms with Crippen LogP contribution in [0.2, 0.25) is 0 Å². The van der Waals surface area contributed by atoms with Gasteiger partial charge >= 0.3 is 0 Å². The van der Waals surface area contributed by atoms with Crippen molar-refractivity contribution in [2.24, 2.45) is 0 Å².